The fourth-order valence-corrected chi connectivity index (χ4v) is 2.09. The first-order valence-corrected chi connectivity index (χ1v) is 6.04. The third-order valence-electron chi connectivity index (χ3n) is 1.97. The van der Waals surface area contributed by atoms with E-state index in [1.165, 1.54) is 23.9 Å². The molecule has 1 aromatic rings. The zero-order valence-electron chi connectivity index (χ0n) is 8.63. The highest BCUT2D eigenvalue weighted by atomic mass is 32.2. The van der Waals surface area contributed by atoms with E-state index in [9.17, 15) is 13.2 Å². The van der Waals surface area contributed by atoms with Gasteiger partial charge >= 0.3 is 6.18 Å². The molecule has 0 atom stereocenters. The second-order valence-electron chi connectivity index (χ2n) is 3.33. The van der Waals surface area contributed by atoms with Gasteiger partial charge in [0, 0.05) is 12.4 Å². The van der Waals surface area contributed by atoms with Gasteiger partial charge in [0.1, 0.15) is 0 Å². The predicted molar refractivity (Wildman–Crippen MR) is 59.3 cm³/mol. The summed E-state index contributed by atoms with van der Waals surface area (Å²) in [4.78, 5) is 0. The summed E-state index contributed by atoms with van der Waals surface area (Å²) in [5.74, 6) is 1.30. The SMILES string of the molecule is OCCCSCc1cccc(C(F)(F)F)c1. The second-order valence-corrected chi connectivity index (χ2v) is 4.43. The Hall–Kier alpha value is -0.680. The molecule has 1 nitrogen and oxygen atoms in total. The van der Waals surface area contributed by atoms with Gasteiger partial charge in [0.2, 0.25) is 0 Å². The lowest BCUT2D eigenvalue weighted by atomic mass is 10.1. The molecule has 0 amide bonds. The minimum absolute atomic E-state index is 0.121. The van der Waals surface area contributed by atoms with Gasteiger partial charge in [-0.1, -0.05) is 18.2 Å². The van der Waals surface area contributed by atoms with Crippen LogP contribution in [0.4, 0.5) is 13.2 Å². The number of hydrogen-bond acceptors (Lipinski definition) is 2. The van der Waals surface area contributed by atoms with Crippen LogP contribution in [0.3, 0.4) is 0 Å². The van der Waals surface area contributed by atoms with Gasteiger partial charge in [-0.2, -0.15) is 24.9 Å². The third-order valence-corrected chi connectivity index (χ3v) is 3.08. The Bertz CT molecular complexity index is 325. The molecule has 0 saturated heterocycles. The van der Waals surface area contributed by atoms with Gasteiger partial charge in [-0.05, 0) is 23.8 Å². The van der Waals surface area contributed by atoms with Gasteiger partial charge in [-0.25, -0.2) is 0 Å². The molecular formula is C11H13F3OS. The van der Waals surface area contributed by atoms with Crippen LogP contribution >= 0.6 is 11.8 Å². The molecule has 5 heteroatoms. The molecule has 0 heterocycles. The molecule has 0 aliphatic heterocycles. The van der Waals surface area contributed by atoms with Crippen molar-refractivity contribution < 1.29 is 18.3 Å². The average Bonchev–Trinajstić information content (AvgIpc) is 2.24. The van der Waals surface area contributed by atoms with E-state index in [-0.39, 0.29) is 6.61 Å². The van der Waals surface area contributed by atoms with E-state index in [2.05, 4.69) is 0 Å². The standard InChI is InChI=1S/C11H13F3OS/c12-11(13,14)10-4-1-3-9(7-10)8-16-6-2-5-15/h1,3-4,7,15H,2,5-6,8H2. The molecule has 0 saturated carbocycles. The van der Waals surface area contributed by atoms with E-state index >= 15 is 0 Å². The van der Waals surface area contributed by atoms with E-state index in [1.54, 1.807) is 6.07 Å². The zero-order valence-corrected chi connectivity index (χ0v) is 9.44. The minimum atomic E-state index is -4.27. The molecule has 0 bridgehead atoms. The Morgan fingerprint density at radius 3 is 2.62 bits per heavy atom. The van der Waals surface area contributed by atoms with Crippen LogP contribution in [0.5, 0.6) is 0 Å². The summed E-state index contributed by atoms with van der Waals surface area (Å²) in [6.07, 6.45) is -3.60. The van der Waals surface area contributed by atoms with Gasteiger partial charge in [0.25, 0.3) is 0 Å². The average molecular weight is 250 g/mol. The summed E-state index contributed by atoms with van der Waals surface area (Å²) >= 11 is 1.52. The quantitative estimate of drug-likeness (QED) is 0.809. The fourth-order valence-electron chi connectivity index (χ4n) is 1.19. The van der Waals surface area contributed by atoms with Crippen molar-refractivity contribution >= 4 is 11.8 Å². The molecule has 16 heavy (non-hydrogen) atoms. The normalized spacial score (nSPS) is 11.8. The first kappa shape index (κ1) is 13.4. The molecule has 1 rings (SSSR count). The van der Waals surface area contributed by atoms with Crippen molar-refractivity contribution in [2.75, 3.05) is 12.4 Å². The van der Waals surface area contributed by atoms with Crippen molar-refractivity contribution in [2.45, 2.75) is 18.3 Å². The number of halogens is 3. The van der Waals surface area contributed by atoms with Crippen LogP contribution in [0.25, 0.3) is 0 Å². The monoisotopic (exact) mass is 250 g/mol. The summed E-state index contributed by atoms with van der Waals surface area (Å²) in [5, 5.41) is 8.55. The van der Waals surface area contributed by atoms with Crippen molar-refractivity contribution in [3.8, 4) is 0 Å². The van der Waals surface area contributed by atoms with E-state index in [1.807, 2.05) is 0 Å². The summed E-state index contributed by atoms with van der Waals surface area (Å²) in [7, 11) is 0. The molecule has 0 fully saturated rings. The maximum absolute atomic E-state index is 12.4. The maximum atomic E-state index is 12.4. The van der Waals surface area contributed by atoms with Crippen molar-refractivity contribution in [1.82, 2.24) is 0 Å². The third kappa shape index (κ3) is 4.45. The fraction of sp³-hybridized carbons (Fsp3) is 0.455. The molecule has 0 unspecified atom stereocenters. The van der Waals surface area contributed by atoms with Gasteiger partial charge < -0.3 is 5.11 Å². The highest BCUT2D eigenvalue weighted by Gasteiger charge is 2.30. The molecule has 0 aromatic heterocycles. The Labute approximate surface area is 96.7 Å². The number of benzene rings is 1. The van der Waals surface area contributed by atoms with Crippen molar-refractivity contribution in [3.63, 3.8) is 0 Å². The Morgan fingerprint density at radius 1 is 1.25 bits per heavy atom. The molecule has 1 aromatic carbocycles. The number of aliphatic hydroxyl groups excluding tert-OH is 1. The van der Waals surface area contributed by atoms with E-state index in [4.69, 9.17) is 5.11 Å². The molecule has 90 valence electrons. The van der Waals surface area contributed by atoms with Crippen LogP contribution in [-0.4, -0.2) is 17.5 Å². The van der Waals surface area contributed by atoms with Crippen molar-refractivity contribution in [2.24, 2.45) is 0 Å². The van der Waals surface area contributed by atoms with Crippen LogP contribution in [-0.2, 0) is 11.9 Å². The summed E-state index contributed by atoms with van der Waals surface area (Å²) in [6, 6.07) is 5.35. The van der Waals surface area contributed by atoms with Crippen molar-refractivity contribution in [1.29, 1.82) is 0 Å². The summed E-state index contributed by atoms with van der Waals surface area (Å²) < 4.78 is 37.1. The molecular weight excluding hydrogens is 237 g/mol. The Morgan fingerprint density at radius 2 is 2.00 bits per heavy atom. The predicted octanol–water partition coefficient (Wildman–Crippen LogP) is 3.32. The van der Waals surface area contributed by atoms with E-state index < -0.39 is 11.7 Å². The van der Waals surface area contributed by atoms with Gasteiger partial charge in [0.15, 0.2) is 0 Å². The molecule has 1 N–H and O–H groups in total. The number of thioether (sulfide) groups is 1. The zero-order chi connectivity index (χ0) is 12.0. The first-order chi connectivity index (χ1) is 7.54. The lowest BCUT2D eigenvalue weighted by Crippen LogP contribution is -2.04. The lowest BCUT2D eigenvalue weighted by Gasteiger charge is -2.08. The highest BCUT2D eigenvalue weighted by molar-refractivity contribution is 7.98. The number of aliphatic hydroxyl groups is 1. The highest BCUT2D eigenvalue weighted by Crippen LogP contribution is 2.30. The smallest absolute Gasteiger partial charge is 0.396 e. The number of rotatable bonds is 5. The topological polar surface area (TPSA) is 20.2 Å². The Balaban J connectivity index is 2.54. The number of hydrogen-bond donors (Lipinski definition) is 1. The number of alkyl halides is 3. The molecule has 0 radical (unpaired) electrons. The van der Waals surface area contributed by atoms with Crippen molar-refractivity contribution in [3.05, 3.63) is 35.4 Å². The van der Waals surface area contributed by atoms with Crippen LogP contribution in [0.15, 0.2) is 24.3 Å². The van der Waals surface area contributed by atoms with Crippen LogP contribution in [0.2, 0.25) is 0 Å². The molecule has 0 aliphatic rings. The minimum Gasteiger partial charge on any atom is -0.396 e. The van der Waals surface area contributed by atoms with Crippen LogP contribution < -0.4 is 0 Å². The maximum Gasteiger partial charge on any atom is 0.416 e. The lowest BCUT2D eigenvalue weighted by molar-refractivity contribution is -0.137. The van der Waals surface area contributed by atoms with Gasteiger partial charge in [0.05, 0.1) is 5.56 Å². The first-order valence-electron chi connectivity index (χ1n) is 4.89. The van der Waals surface area contributed by atoms with Gasteiger partial charge in [-0.3, -0.25) is 0 Å². The Kier molecular flexibility index (Phi) is 5.15. The van der Waals surface area contributed by atoms with Crippen LogP contribution in [0.1, 0.15) is 17.5 Å². The van der Waals surface area contributed by atoms with E-state index in [0.29, 0.717) is 17.7 Å². The largest absolute Gasteiger partial charge is 0.416 e. The van der Waals surface area contributed by atoms with Gasteiger partial charge in [-0.15, -0.1) is 0 Å². The molecule has 0 aliphatic carbocycles. The van der Waals surface area contributed by atoms with E-state index in [0.717, 1.165) is 11.8 Å². The van der Waals surface area contributed by atoms with Crippen LogP contribution in [0, 0.1) is 0 Å². The molecule has 0 spiro atoms. The summed E-state index contributed by atoms with van der Waals surface area (Å²) in [5.41, 5.74) is 0.0607. The second kappa shape index (κ2) is 6.15. The summed E-state index contributed by atoms with van der Waals surface area (Å²) in [6.45, 7) is 0.121.